The Bertz CT molecular complexity index is 586. The number of rotatable bonds is 5. The normalized spacial score (nSPS) is 15.7. The van der Waals surface area contributed by atoms with Crippen LogP contribution in [0.2, 0.25) is 0 Å². The zero-order valence-corrected chi connectivity index (χ0v) is 12.4. The third kappa shape index (κ3) is 3.88. The van der Waals surface area contributed by atoms with Crippen LogP contribution in [0.15, 0.2) is 18.2 Å². The highest BCUT2D eigenvalue weighted by Crippen LogP contribution is 2.32. The van der Waals surface area contributed by atoms with Crippen molar-refractivity contribution in [3.63, 3.8) is 0 Å². The number of benzene rings is 1. The Hall–Kier alpha value is -2.28. The molecule has 1 aliphatic carbocycles. The maximum atomic E-state index is 11.8. The van der Waals surface area contributed by atoms with Crippen LogP contribution in [0.5, 0.6) is 11.5 Å². The van der Waals surface area contributed by atoms with Gasteiger partial charge in [0.25, 0.3) is 0 Å². The molecule has 0 radical (unpaired) electrons. The molecule has 2 N–H and O–H groups in total. The van der Waals surface area contributed by atoms with Gasteiger partial charge in [0.1, 0.15) is 0 Å². The summed E-state index contributed by atoms with van der Waals surface area (Å²) in [4.78, 5) is 25.1. The predicted octanol–water partition coefficient (Wildman–Crippen LogP) is 0.835. The standard InChI is InChI=1S/C15H19N3O4/c1-18(8-14(19)17-15(20)16-11-3-4-11)7-10-2-5-12-13(6-10)22-9-21-12/h2,5-6,11H,3-4,7-9H2,1H3,(H2,16,17,19,20). The number of imide groups is 1. The van der Waals surface area contributed by atoms with Gasteiger partial charge >= 0.3 is 6.03 Å². The van der Waals surface area contributed by atoms with E-state index in [1.54, 1.807) is 0 Å². The van der Waals surface area contributed by atoms with E-state index in [9.17, 15) is 9.59 Å². The van der Waals surface area contributed by atoms with Crippen molar-refractivity contribution in [2.24, 2.45) is 0 Å². The molecule has 3 rings (SSSR count). The van der Waals surface area contributed by atoms with E-state index in [-0.39, 0.29) is 25.3 Å². The van der Waals surface area contributed by atoms with Gasteiger partial charge in [-0.2, -0.15) is 0 Å². The van der Waals surface area contributed by atoms with E-state index >= 15 is 0 Å². The number of hydrogen-bond acceptors (Lipinski definition) is 5. The zero-order valence-electron chi connectivity index (χ0n) is 12.4. The van der Waals surface area contributed by atoms with Crippen molar-refractivity contribution in [3.05, 3.63) is 23.8 Å². The summed E-state index contributed by atoms with van der Waals surface area (Å²) in [5, 5.41) is 5.05. The van der Waals surface area contributed by atoms with E-state index in [0.29, 0.717) is 6.54 Å². The minimum absolute atomic E-state index is 0.145. The van der Waals surface area contributed by atoms with E-state index in [4.69, 9.17) is 9.47 Å². The highest BCUT2D eigenvalue weighted by molar-refractivity contribution is 5.95. The molecule has 7 heteroatoms. The molecule has 1 aliphatic heterocycles. The van der Waals surface area contributed by atoms with Crippen LogP contribution < -0.4 is 20.1 Å². The summed E-state index contributed by atoms with van der Waals surface area (Å²) >= 11 is 0. The first-order valence-electron chi connectivity index (χ1n) is 7.27. The van der Waals surface area contributed by atoms with Crippen molar-refractivity contribution in [2.45, 2.75) is 25.4 Å². The van der Waals surface area contributed by atoms with E-state index in [1.807, 2.05) is 30.1 Å². The van der Waals surface area contributed by atoms with Crippen LogP contribution in [0.25, 0.3) is 0 Å². The minimum atomic E-state index is -0.413. The number of urea groups is 1. The maximum absolute atomic E-state index is 11.8. The summed E-state index contributed by atoms with van der Waals surface area (Å²) in [6.45, 7) is 0.966. The average Bonchev–Trinajstić information content (AvgIpc) is 3.13. The van der Waals surface area contributed by atoms with Gasteiger partial charge in [0.2, 0.25) is 12.7 Å². The lowest BCUT2D eigenvalue weighted by Crippen LogP contribution is -2.44. The van der Waals surface area contributed by atoms with E-state index in [1.165, 1.54) is 0 Å². The second kappa shape index (κ2) is 6.23. The molecule has 0 saturated heterocycles. The monoisotopic (exact) mass is 305 g/mol. The number of carbonyl (C=O) groups excluding carboxylic acids is 2. The molecule has 0 spiro atoms. The molecule has 1 fully saturated rings. The second-order valence-corrected chi connectivity index (χ2v) is 5.66. The SMILES string of the molecule is CN(CC(=O)NC(=O)NC1CC1)Cc1ccc2c(c1)OCO2. The van der Waals surface area contributed by atoms with Gasteiger partial charge in [-0.05, 0) is 37.6 Å². The molecule has 3 amide bonds. The molecule has 0 aromatic heterocycles. The molecule has 1 aromatic carbocycles. The predicted molar refractivity (Wildman–Crippen MR) is 78.6 cm³/mol. The molecule has 118 valence electrons. The van der Waals surface area contributed by atoms with E-state index in [0.717, 1.165) is 29.9 Å². The van der Waals surface area contributed by atoms with Crippen LogP contribution in [0, 0.1) is 0 Å². The topological polar surface area (TPSA) is 79.9 Å². The number of hydrogen-bond donors (Lipinski definition) is 2. The third-order valence-electron chi connectivity index (χ3n) is 3.47. The van der Waals surface area contributed by atoms with Gasteiger partial charge < -0.3 is 14.8 Å². The minimum Gasteiger partial charge on any atom is -0.454 e. The number of ether oxygens (including phenoxy) is 2. The highest BCUT2D eigenvalue weighted by atomic mass is 16.7. The fourth-order valence-corrected chi connectivity index (χ4v) is 2.27. The Balaban J connectivity index is 1.46. The largest absolute Gasteiger partial charge is 0.454 e. The smallest absolute Gasteiger partial charge is 0.321 e. The Morgan fingerprint density at radius 1 is 1.27 bits per heavy atom. The van der Waals surface area contributed by atoms with Crippen LogP contribution in [0.4, 0.5) is 4.79 Å². The molecule has 7 nitrogen and oxygen atoms in total. The van der Waals surface area contributed by atoms with Crippen molar-refractivity contribution in [3.8, 4) is 11.5 Å². The summed E-state index contributed by atoms with van der Waals surface area (Å²) in [6, 6.07) is 5.51. The number of carbonyl (C=O) groups is 2. The van der Waals surface area contributed by atoms with Gasteiger partial charge in [-0.3, -0.25) is 15.0 Å². The van der Waals surface area contributed by atoms with Crippen molar-refractivity contribution >= 4 is 11.9 Å². The van der Waals surface area contributed by atoms with Crippen molar-refractivity contribution in [1.82, 2.24) is 15.5 Å². The Labute approximate surface area is 128 Å². The van der Waals surface area contributed by atoms with Gasteiger partial charge in [0.15, 0.2) is 11.5 Å². The molecule has 0 bridgehead atoms. The zero-order chi connectivity index (χ0) is 15.5. The Kier molecular flexibility index (Phi) is 4.15. The van der Waals surface area contributed by atoms with Crippen molar-refractivity contribution < 1.29 is 19.1 Å². The lowest BCUT2D eigenvalue weighted by atomic mass is 10.2. The summed E-state index contributed by atoms with van der Waals surface area (Å²) in [7, 11) is 1.82. The number of nitrogens with zero attached hydrogens (tertiary/aromatic N) is 1. The summed E-state index contributed by atoms with van der Waals surface area (Å²) in [6.07, 6.45) is 1.98. The quantitative estimate of drug-likeness (QED) is 0.842. The second-order valence-electron chi connectivity index (χ2n) is 5.66. The van der Waals surface area contributed by atoms with Crippen LogP contribution in [0.3, 0.4) is 0 Å². The van der Waals surface area contributed by atoms with Gasteiger partial charge in [-0.15, -0.1) is 0 Å². The van der Waals surface area contributed by atoms with Gasteiger partial charge in [-0.25, -0.2) is 4.79 Å². The first-order chi connectivity index (χ1) is 10.6. The van der Waals surface area contributed by atoms with Crippen LogP contribution in [-0.4, -0.2) is 43.3 Å². The van der Waals surface area contributed by atoms with Gasteiger partial charge in [-0.1, -0.05) is 6.07 Å². The number of likely N-dealkylation sites (N-methyl/N-ethyl adjacent to an activating group) is 1. The van der Waals surface area contributed by atoms with E-state index < -0.39 is 6.03 Å². The fourth-order valence-electron chi connectivity index (χ4n) is 2.27. The van der Waals surface area contributed by atoms with Crippen LogP contribution in [0.1, 0.15) is 18.4 Å². The average molecular weight is 305 g/mol. The van der Waals surface area contributed by atoms with Gasteiger partial charge in [0, 0.05) is 12.6 Å². The summed E-state index contributed by atoms with van der Waals surface area (Å²) in [5.74, 6) is 1.14. The maximum Gasteiger partial charge on any atom is 0.321 e. The summed E-state index contributed by atoms with van der Waals surface area (Å²) < 4.78 is 10.6. The molecule has 2 aliphatic rings. The first kappa shape index (κ1) is 14.6. The number of amides is 3. The lowest BCUT2D eigenvalue weighted by Gasteiger charge is -2.16. The Morgan fingerprint density at radius 3 is 2.82 bits per heavy atom. The molecule has 0 unspecified atom stereocenters. The van der Waals surface area contributed by atoms with Crippen LogP contribution >= 0.6 is 0 Å². The molecule has 22 heavy (non-hydrogen) atoms. The first-order valence-corrected chi connectivity index (χ1v) is 7.27. The molecule has 1 aromatic rings. The highest BCUT2D eigenvalue weighted by Gasteiger charge is 2.24. The van der Waals surface area contributed by atoms with Crippen LogP contribution in [-0.2, 0) is 11.3 Å². The molecular formula is C15H19N3O4. The lowest BCUT2D eigenvalue weighted by molar-refractivity contribution is -0.120. The third-order valence-corrected chi connectivity index (χ3v) is 3.47. The van der Waals surface area contributed by atoms with Crippen molar-refractivity contribution in [1.29, 1.82) is 0 Å². The molecule has 1 heterocycles. The number of nitrogens with one attached hydrogen (secondary N) is 2. The fraction of sp³-hybridized carbons (Fsp3) is 0.467. The molecular weight excluding hydrogens is 286 g/mol. The summed E-state index contributed by atoms with van der Waals surface area (Å²) in [5.41, 5.74) is 1.02. The van der Waals surface area contributed by atoms with Gasteiger partial charge in [0.05, 0.1) is 6.54 Å². The molecule has 0 atom stereocenters. The van der Waals surface area contributed by atoms with E-state index in [2.05, 4.69) is 10.6 Å². The Morgan fingerprint density at radius 2 is 2.05 bits per heavy atom. The number of fused-ring (bicyclic) bond motifs is 1. The molecule has 1 saturated carbocycles. The van der Waals surface area contributed by atoms with Crippen molar-refractivity contribution in [2.75, 3.05) is 20.4 Å².